The van der Waals surface area contributed by atoms with Crippen LogP contribution in [0.15, 0.2) is 22.7 Å². The van der Waals surface area contributed by atoms with Gasteiger partial charge >= 0.3 is 0 Å². The summed E-state index contributed by atoms with van der Waals surface area (Å²) in [5, 5.41) is 2.75. The lowest BCUT2D eigenvalue weighted by atomic mass is 9.98. The molecule has 1 aromatic rings. The number of carbonyl (C=O) groups is 1. The summed E-state index contributed by atoms with van der Waals surface area (Å²) >= 11 is 3.06. The highest BCUT2D eigenvalue weighted by Gasteiger charge is 2.15. The van der Waals surface area contributed by atoms with Crippen molar-refractivity contribution in [2.75, 3.05) is 6.54 Å². The summed E-state index contributed by atoms with van der Waals surface area (Å²) in [5.41, 5.74) is 0.0790. The van der Waals surface area contributed by atoms with Gasteiger partial charge in [0.1, 0.15) is 5.82 Å². The van der Waals surface area contributed by atoms with Gasteiger partial charge in [0.05, 0.1) is 10.0 Å². The third-order valence-electron chi connectivity index (χ3n) is 2.92. The molecule has 0 radical (unpaired) electrons. The van der Waals surface area contributed by atoms with E-state index in [0.717, 1.165) is 0 Å². The van der Waals surface area contributed by atoms with Crippen molar-refractivity contribution in [1.29, 1.82) is 0 Å². The molecule has 1 amide bonds. The van der Waals surface area contributed by atoms with Crippen LogP contribution >= 0.6 is 15.9 Å². The molecule has 0 heterocycles. The summed E-state index contributed by atoms with van der Waals surface area (Å²) in [6, 6.07) is 4.70. The zero-order valence-corrected chi connectivity index (χ0v) is 11.8. The van der Waals surface area contributed by atoms with Gasteiger partial charge in [-0.3, -0.25) is 4.79 Å². The molecule has 1 atom stereocenters. The van der Waals surface area contributed by atoms with Crippen molar-refractivity contribution in [3.63, 3.8) is 0 Å². The van der Waals surface area contributed by atoms with Crippen LogP contribution in [0.5, 0.6) is 0 Å². The van der Waals surface area contributed by atoms with Gasteiger partial charge in [0.25, 0.3) is 5.91 Å². The molecule has 1 rings (SSSR count). The van der Waals surface area contributed by atoms with Crippen LogP contribution in [0.4, 0.5) is 4.39 Å². The molecule has 0 aliphatic rings. The highest BCUT2D eigenvalue weighted by Crippen LogP contribution is 2.18. The molecule has 94 valence electrons. The fourth-order valence-electron chi connectivity index (χ4n) is 1.26. The predicted molar refractivity (Wildman–Crippen MR) is 70.4 cm³/mol. The van der Waals surface area contributed by atoms with E-state index in [-0.39, 0.29) is 11.5 Å². The lowest BCUT2D eigenvalue weighted by molar-refractivity contribution is 0.0940. The first-order valence-corrected chi connectivity index (χ1v) is 6.45. The standard InChI is InChI=1S/C13H17BrFNO/c1-8(2)9(3)7-16-13(17)10-5-4-6-11(14)12(10)15/h4-6,8-9H,7H2,1-3H3,(H,16,17). The maximum atomic E-state index is 13.6. The normalized spacial score (nSPS) is 12.6. The maximum Gasteiger partial charge on any atom is 0.254 e. The molecule has 0 fully saturated rings. The Labute approximate surface area is 110 Å². The average molecular weight is 302 g/mol. The van der Waals surface area contributed by atoms with Crippen molar-refractivity contribution >= 4 is 21.8 Å². The highest BCUT2D eigenvalue weighted by molar-refractivity contribution is 9.10. The fourth-order valence-corrected chi connectivity index (χ4v) is 1.63. The molecular weight excluding hydrogens is 285 g/mol. The summed E-state index contributed by atoms with van der Waals surface area (Å²) in [6.45, 7) is 6.80. The van der Waals surface area contributed by atoms with Crippen LogP contribution in [0.1, 0.15) is 31.1 Å². The Balaban J connectivity index is 2.68. The van der Waals surface area contributed by atoms with Gasteiger partial charge in [-0.15, -0.1) is 0 Å². The second-order valence-corrected chi connectivity index (χ2v) is 5.39. The Morgan fingerprint density at radius 3 is 2.65 bits per heavy atom. The largest absolute Gasteiger partial charge is 0.352 e. The van der Waals surface area contributed by atoms with Gasteiger partial charge < -0.3 is 5.32 Å². The van der Waals surface area contributed by atoms with Crippen LogP contribution in [-0.4, -0.2) is 12.5 Å². The lowest BCUT2D eigenvalue weighted by Gasteiger charge is -2.16. The van der Waals surface area contributed by atoms with E-state index in [1.165, 1.54) is 6.07 Å². The third-order valence-corrected chi connectivity index (χ3v) is 3.53. The van der Waals surface area contributed by atoms with Gasteiger partial charge in [-0.2, -0.15) is 0 Å². The summed E-state index contributed by atoms with van der Waals surface area (Å²) < 4.78 is 13.9. The first-order valence-electron chi connectivity index (χ1n) is 5.65. The number of nitrogens with one attached hydrogen (secondary N) is 1. The molecule has 0 bridgehead atoms. The number of halogens is 2. The molecular formula is C13H17BrFNO. The summed E-state index contributed by atoms with van der Waals surface area (Å²) in [6.07, 6.45) is 0. The molecule has 17 heavy (non-hydrogen) atoms. The second-order valence-electron chi connectivity index (χ2n) is 4.53. The number of amides is 1. The van der Waals surface area contributed by atoms with Crippen LogP contribution < -0.4 is 5.32 Å². The van der Waals surface area contributed by atoms with Gasteiger partial charge in [0.2, 0.25) is 0 Å². The Hall–Kier alpha value is -0.900. The van der Waals surface area contributed by atoms with Crippen LogP contribution in [-0.2, 0) is 0 Å². The average Bonchev–Trinajstić information content (AvgIpc) is 2.29. The zero-order valence-electron chi connectivity index (χ0n) is 10.3. The van der Waals surface area contributed by atoms with E-state index in [4.69, 9.17) is 0 Å². The van der Waals surface area contributed by atoms with Gasteiger partial charge in [-0.1, -0.05) is 26.8 Å². The van der Waals surface area contributed by atoms with Crippen molar-refractivity contribution < 1.29 is 9.18 Å². The lowest BCUT2D eigenvalue weighted by Crippen LogP contribution is -2.30. The molecule has 2 nitrogen and oxygen atoms in total. The molecule has 1 aromatic carbocycles. The van der Waals surface area contributed by atoms with Crippen molar-refractivity contribution in [3.8, 4) is 0 Å². The molecule has 0 aromatic heterocycles. The van der Waals surface area contributed by atoms with Gasteiger partial charge in [-0.25, -0.2) is 4.39 Å². The van der Waals surface area contributed by atoms with E-state index in [0.29, 0.717) is 22.9 Å². The van der Waals surface area contributed by atoms with E-state index >= 15 is 0 Å². The molecule has 0 aliphatic heterocycles. The fraction of sp³-hybridized carbons (Fsp3) is 0.462. The number of hydrogen-bond donors (Lipinski definition) is 1. The smallest absolute Gasteiger partial charge is 0.254 e. The SMILES string of the molecule is CC(C)C(C)CNC(=O)c1cccc(Br)c1F. The Kier molecular flexibility index (Phi) is 5.12. The van der Waals surface area contributed by atoms with Crippen molar-refractivity contribution in [3.05, 3.63) is 34.1 Å². The Morgan fingerprint density at radius 2 is 2.06 bits per heavy atom. The monoisotopic (exact) mass is 301 g/mol. The van der Waals surface area contributed by atoms with Crippen LogP contribution in [0, 0.1) is 17.7 Å². The first kappa shape index (κ1) is 14.2. The van der Waals surface area contributed by atoms with E-state index < -0.39 is 5.82 Å². The molecule has 1 N–H and O–H groups in total. The molecule has 4 heteroatoms. The highest BCUT2D eigenvalue weighted by atomic mass is 79.9. The zero-order chi connectivity index (χ0) is 13.0. The minimum Gasteiger partial charge on any atom is -0.352 e. The molecule has 0 saturated carbocycles. The van der Waals surface area contributed by atoms with E-state index in [1.54, 1.807) is 12.1 Å². The minimum atomic E-state index is -0.512. The minimum absolute atomic E-state index is 0.0790. The van der Waals surface area contributed by atoms with E-state index in [2.05, 4.69) is 42.0 Å². The number of carbonyl (C=O) groups excluding carboxylic acids is 1. The predicted octanol–water partition coefficient (Wildman–Crippen LogP) is 3.61. The van der Waals surface area contributed by atoms with Crippen LogP contribution in [0.3, 0.4) is 0 Å². The Bertz CT molecular complexity index is 406. The maximum absolute atomic E-state index is 13.6. The van der Waals surface area contributed by atoms with Crippen molar-refractivity contribution in [1.82, 2.24) is 5.32 Å². The topological polar surface area (TPSA) is 29.1 Å². The first-order chi connectivity index (χ1) is 7.93. The van der Waals surface area contributed by atoms with Crippen molar-refractivity contribution in [2.24, 2.45) is 11.8 Å². The number of hydrogen-bond acceptors (Lipinski definition) is 1. The third kappa shape index (κ3) is 3.80. The van der Waals surface area contributed by atoms with Crippen LogP contribution in [0.25, 0.3) is 0 Å². The quantitative estimate of drug-likeness (QED) is 0.904. The molecule has 0 spiro atoms. The Morgan fingerprint density at radius 1 is 1.41 bits per heavy atom. The van der Waals surface area contributed by atoms with Crippen LogP contribution in [0.2, 0.25) is 0 Å². The van der Waals surface area contributed by atoms with Crippen molar-refractivity contribution in [2.45, 2.75) is 20.8 Å². The molecule has 0 saturated heterocycles. The summed E-state index contributed by atoms with van der Waals surface area (Å²) in [7, 11) is 0. The summed E-state index contributed by atoms with van der Waals surface area (Å²) in [5.74, 6) is -0.0182. The van der Waals surface area contributed by atoms with E-state index in [9.17, 15) is 9.18 Å². The second kappa shape index (κ2) is 6.15. The van der Waals surface area contributed by atoms with E-state index in [1.807, 2.05) is 0 Å². The number of benzene rings is 1. The van der Waals surface area contributed by atoms with Gasteiger partial charge in [0.15, 0.2) is 0 Å². The molecule has 1 unspecified atom stereocenters. The molecule has 0 aliphatic carbocycles. The van der Waals surface area contributed by atoms with Gasteiger partial charge in [-0.05, 0) is 39.9 Å². The van der Waals surface area contributed by atoms with Gasteiger partial charge in [0, 0.05) is 6.54 Å². The summed E-state index contributed by atoms with van der Waals surface area (Å²) in [4.78, 5) is 11.8. The number of rotatable bonds is 4.